The summed E-state index contributed by atoms with van der Waals surface area (Å²) in [7, 11) is 0. The quantitative estimate of drug-likeness (QED) is 0.601. The van der Waals surface area contributed by atoms with Crippen LogP contribution in [0.5, 0.6) is 0 Å². The Morgan fingerprint density at radius 3 is 2.82 bits per heavy atom. The fourth-order valence-electron chi connectivity index (χ4n) is 2.66. The maximum absolute atomic E-state index is 2.72. The molecule has 2 fully saturated rings. The molecule has 1 heteroatoms. The monoisotopic (exact) mass is 153 g/mol. The van der Waals surface area contributed by atoms with Gasteiger partial charge in [-0.05, 0) is 38.1 Å². The first-order valence-electron chi connectivity index (χ1n) is 5.14. The average Bonchev–Trinajstić information content (AvgIpc) is 2.60. The third kappa shape index (κ3) is 1.44. The molecule has 0 aromatic carbocycles. The molecule has 0 spiro atoms. The van der Waals surface area contributed by atoms with Crippen molar-refractivity contribution in [3.05, 3.63) is 0 Å². The van der Waals surface area contributed by atoms with Crippen LogP contribution in [-0.4, -0.2) is 24.0 Å². The molecule has 1 heterocycles. The molecule has 2 unspecified atom stereocenters. The van der Waals surface area contributed by atoms with Crippen LogP contribution in [0.2, 0.25) is 0 Å². The van der Waals surface area contributed by atoms with Crippen molar-refractivity contribution in [2.24, 2.45) is 5.92 Å². The van der Waals surface area contributed by atoms with Crippen LogP contribution >= 0.6 is 0 Å². The molecule has 11 heavy (non-hydrogen) atoms. The smallest absolute Gasteiger partial charge is 0.00985 e. The Kier molecular flexibility index (Phi) is 2.17. The fourth-order valence-corrected chi connectivity index (χ4v) is 2.66. The van der Waals surface area contributed by atoms with E-state index in [1.165, 1.54) is 45.2 Å². The van der Waals surface area contributed by atoms with Crippen LogP contribution in [0.15, 0.2) is 0 Å². The molecule has 0 N–H and O–H groups in total. The van der Waals surface area contributed by atoms with Crippen molar-refractivity contribution >= 4 is 0 Å². The molecular weight excluding hydrogens is 134 g/mol. The van der Waals surface area contributed by atoms with E-state index < -0.39 is 0 Å². The highest BCUT2D eigenvalue weighted by atomic mass is 15.2. The van der Waals surface area contributed by atoms with Gasteiger partial charge in [-0.3, -0.25) is 0 Å². The van der Waals surface area contributed by atoms with E-state index in [0.29, 0.717) is 0 Å². The Morgan fingerprint density at radius 1 is 1.36 bits per heavy atom. The van der Waals surface area contributed by atoms with Gasteiger partial charge in [0.25, 0.3) is 0 Å². The number of hydrogen-bond acceptors (Lipinski definition) is 1. The summed E-state index contributed by atoms with van der Waals surface area (Å²) in [4.78, 5) is 2.72. The van der Waals surface area contributed by atoms with Gasteiger partial charge in [-0.2, -0.15) is 0 Å². The number of unbranched alkanes of at least 4 members (excludes halogenated alkanes) is 1. The van der Waals surface area contributed by atoms with Crippen LogP contribution in [-0.2, 0) is 0 Å². The first kappa shape index (κ1) is 7.60. The summed E-state index contributed by atoms with van der Waals surface area (Å²) in [6, 6.07) is 0.992. The number of likely N-dealkylation sites (tertiary alicyclic amines) is 1. The van der Waals surface area contributed by atoms with Crippen molar-refractivity contribution < 1.29 is 0 Å². The molecule has 2 bridgehead atoms. The van der Waals surface area contributed by atoms with Crippen LogP contribution in [0.25, 0.3) is 0 Å². The highest BCUT2D eigenvalue weighted by Crippen LogP contribution is 2.37. The Bertz CT molecular complexity index is 133. The molecule has 0 amide bonds. The van der Waals surface area contributed by atoms with E-state index in [2.05, 4.69) is 11.8 Å². The summed E-state index contributed by atoms with van der Waals surface area (Å²) in [6.07, 6.45) is 7.29. The lowest BCUT2D eigenvalue weighted by molar-refractivity contribution is 0.211. The van der Waals surface area contributed by atoms with Crippen LogP contribution in [0.4, 0.5) is 0 Å². The van der Waals surface area contributed by atoms with Crippen molar-refractivity contribution in [3.63, 3.8) is 0 Å². The number of piperidine rings is 1. The maximum Gasteiger partial charge on any atom is 0.00985 e. The Morgan fingerprint density at radius 2 is 2.27 bits per heavy atom. The van der Waals surface area contributed by atoms with E-state index in [1.807, 2.05) is 0 Å². The van der Waals surface area contributed by atoms with Gasteiger partial charge in [-0.1, -0.05) is 13.3 Å². The predicted octanol–water partition coefficient (Wildman–Crippen LogP) is 2.27. The topological polar surface area (TPSA) is 3.24 Å². The van der Waals surface area contributed by atoms with E-state index in [4.69, 9.17) is 0 Å². The molecular formula is C10H19N. The minimum atomic E-state index is 0.992. The zero-order valence-electron chi connectivity index (χ0n) is 7.55. The Balaban J connectivity index is 1.78. The van der Waals surface area contributed by atoms with Crippen molar-refractivity contribution in [1.82, 2.24) is 4.90 Å². The van der Waals surface area contributed by atoms with E-state index in [9.17, 15) is 0 Å². The van der Waals surface area contributed by atoms with Gasteiger partial charge in [0.1, 0.15) is 0 Å². The molecule has 0 aromatic heterocycles. The molecule has 0 aromatic rings. The highest BCUT2D eigenvalue weighted by Gasteiger charge is 2.36. The summed E-state index contributed by atoms with van der Waals surface area (Å²) in [6.45, 7) is 5.08. The number of fused-ring (bicyclic) bond motifs is 2. The third-order valence-electron chi connectivity index (χ3n) is 3.32. The number of hydrogen-bond donors (Lipinski definition) is 0. The van der Waals surface area contributed by atoms with Gasteiger partial charge >= 0.3 is 0 Å². The van der Waals surface area contributed by atoms with Crippen molar-refractivity contribution in [2.45, 2.75) is 45.1 Å². The van der Waals surface area contributed by atoms with Crippen molar-refractivity contribution in [2.75, 3.05) is 13.1 Å². The van der Waals surface area contributed by atoms with E-state index in [1.54, 1.807) is 0 Å². The Hall–Kier alpha value is -0.0400. The molecule has 0 radical (unpaired) electrons. The second-order valence-corrected chi connectivity index (χ2v) is 4.18. The number of nitrogens with zero attached hydrogens (tertiary/aromatic N) is 1. The largest absolute Gasteiger partial charge is 0.300 e. The normalized spacial score (nSPS) is 36.8. The summed E-state index contributed by atoms with van der Waals surface area (Å²) < 4.78 is 0. The average molecular weight is 153 g/mol. The zero-order valence-corrected chi connectivity index (χ0v) is 7.55. The summed E-state index contributed by atoms with van der Waals surface area (Å²) in [5.41, 5.74) is 0. The maximum atomic E-state index is 2.72. The number of rotatable bonds is 3. The molecule has 64 valence electrons. The molecule has 1 nitrogen and oxygen atoms in total. The van der Waals surface area contributed by atoms with E-state index in [0.717, 1.165) is 12.0 Å². The third-order valence-corrected chi connectivity index (χ3v) is 3.32. The second kappa shape index (κ2) is 3.14. The van der Waals surface area contributed by atoms with Crippen molar-refractivity contribution in [3.8, 4) is 0 Å². The van der Waals surface area contributed by atoms with Gasteiger partial charge in [0.05, 0.1) is 0 Å². The Labute approximate surface area is 69.8 Å². The molecule has 1 saturated heterocycles. The van der Waals surface area contributed by atoms with Gasteiger partial charge < -0.3 is 4.90 Å². The molecule has 2 aliphatic rings. The van der Waals surface area contributed by atoms with E-state index >= 15 is 0 Å². The molecule has 1 aliphatic heterocycles. The first-order chi connectivity index (χ1) is 5.40. The standard InChI is InChI=1S/C10H19N/c1-2-3-6-11-8-9-4-5-10(11)7-9/h9-10H,2-8H2,1H3. The van der Waals surface area contributed by atoms with Gasteiger partial charge in [0, 0.05) is 12.6 Å². The second-order valence-electron chi connectivity index (χ2n) is 4.18. The van der Waals surface area contributed by atoms with Crippen LogP contribution < -0.4 is 0 Å². The molecule has 2 atom stereocenters. The summed E-state index contributed by atoms with van der Waals surface area (Å²) in [5.74, 6) is 1.08. The summed E-state index contributed by atoms with van der Waals surface area (Å²) in [5, 5.41) is 0. The molecule has 2 rings (SSSR count). The van der Waals surface area contributed by atoms with Crippen LogP contribution in [0.1, 0.15) is 39.0 Å². The lowest BCUT2D eigenvalue weighted by Crippen LogP contribution is -2.32. The fraction of sp³-hybridized carbons (Fsp3) is 1.00. The lowest BCUT2D eigenvalue weighted by Gasteiger charge is -2.26. The minimum Gasteiger partial charge on any atom is -0.300 e. The lowest BCUT2D eigenvalue weighted by atomic mass is 10.1. The zero-order chi connectivity index (χ0) is 7.68. The van der Waals surface area contributed by atoms with E-state index in [-0.39, 0.29) is 0 Å². The van der Waals surface area contributed by atoms with Crippen LogP contribution in [0, 0.1) is 5.92 Å². The minimum absolute atomic E-state index is 0.992. The highest BCUT2D eigenvalue weighted by molar-refractivity contribution is 4.91. The van der Waals surface area contributed by atoms with Gasteiger partial charge in [0.15, 0.2) is 0 Å². The predicted molar refractivity (Wildman–Crippen MR) is 47.6 cm³/mol. The van der Waals surface area contributed by atoms with Gasteiger partial charge in [0.2, 0.25) is 0 Å². The van der Waals surface area contributed by atoms with Gasteiger partial charge in [-0.15, -0.1) is 0 Å². The SMILES string of the molecule is CCCCN1CC2CCC1C2. The molecule has 1 saturated carbocycles. The van der Waals surface area contributed by atoms with Crippen LogP contribution in [0.3, 0.4) is 0 Å². The first-order valence-corrected chi connectivity index (χ1v) is 5.14. The van der Waals surface area contributed by atoms with Gasteiger partial charge in [-0.25, -0.2) is 0 Å². The molecule has 1 aliphatic carbocycles. The summed E-state index contributed by atoms with van der Waals surface area (Å²) >= 11 is 0. The van der Waals surface area contributed by atoms with Crippen molar-refractivity contribution in [1.29, 1.82) is 0 Å².